The van der Waals surface area contributed by atoms with Crippen LogP contribution in [0.4, 0.5) is 4.79 Å². The molecule has 7 heteroatoms. The summed E-state index contributed by atoms with van der Waals surface area (Å²) in [5, 5.41) is 4.77. The second-order valence-electron chi connectivity index (χ2n) is 6.75. The molecule has 0 aliphatic carbocycles. The Morgan fingerprint density at radius 1 is 0.933 bits per heavy atom. The zero-order valence-electron chi connectivity index (χ0n) is 17.5. The van der Waals surface area contributed by atoms with Crippen LogP contribution in [0.5, 0.6) is 0 Å². The molecule has 1 atom stereocenters. The third-order valence-electron chi connectivity index (χ3n) is 4.59. The average Bonchev–Trinajstić information content (AvgIpc) is 2.76. The van der Waals surface area contributed by atoms with E-state index in [2.05, 4.69) is 10.6 Å². The predicted octanol–water partition coefficient (Wildman–Crippen LogP) is 3.13. The summed E-state index contributed by atoms with van der Waals surface area (Å²) in [4.78, 5) is 37.1. The van der Waals surface area contributed by atoms with Crippen LogP contribution in [0, 0.1) is 0 Å². The van der Waals surface area contributed by atoms with Crippen molar-refractivity contribution in [2.24, 2.45) is 0 Å². The number of esters is 1. The SMILES string of the molecule is CCOC(C(=O)OCC(=O)NC(=O)N[C@H](C)CC)(c1ccccc1)c1ccccc1. The molecule has 0 saturated carbocycles. The van der Waals surface area contributed by atoms with E-state index in [1.807, 2.05) is 26.0 Å². The molecule has 0 spiro atoms. The Balaban J connectivity index is 2.22. The molecule has 0 aliphatic rings. The number of urea groups is 1. The quantitative estimate of drug-likeness (QED) is 0.617. The van der Waals surface area contributed by atoms with Crippen LogP contribution in [0.3, 0.4) is 0 Å². The Morgan fingerprint density at radius 2 is 1.47 bits per heavy atom. The van der Waals surface area contributed by atoms with Crippen molar-refractivity contribution in [3.63, 3.8) is 0 Å². The first kappa shape index (κ1) is 23.1. The molecule has 30 heavy (non-hydrogen) atoms. The van der Waals surface area contributed by atoms with E-state index in [9.17, 15) is 14.4 Å². The molecule has 160 valence electrons. The van der Waals surface area contributed by atoms with Crippen molar-refractivity contribution in [1.29, 1.82) is 0 Å². The summed E-state index contributed by atoms with van der Waals surface area (Å²) in [6.07, 6.45) is 0.724. The number of nitrogens with one attached hydrogen (secondary N) is 2. The van der Waals surface area contributed by atoms with Gasteiger partial charge in [0.1, 0.15) is 0 Å². The molecule has 2 aromatic carbocycles. The molecular weight excluding hydrogens is 384 g/mol. The third kappa shape index (κ3) is 5.67. The molecule has 2 aromatic rings. The average molecular weight is 412 g/mol. The predicted molar refractivity (Wildman–Crippen MR) is 113 cm³/mol. The number of rotatable bonds is 9. The topological polar surface area (TPSA) is 93.7 Å². The van der Waals surface area contributed by atoms with E-state index in [4.69, 9.17) is 9.47 Å². The third-order valence-corrected chi connectivity index (χ3v) is 4.59. The Bertz CT molecular complexity index is 800. The molecule has 0 aromatic heterocycles. The summed E-state index contributed by atoms with van der Waals surface area (Å²) in [6.45, 7) is 5.14. The fourth-order valence-electron chi connectivity index (χ4n) is 2.95. The highest BCUT2D eigenvalue weighted by molar-refractivity contribution is 5.96. The maximum atomic E-state index is 13.2. The Labute approximate surface area is 176 Å². The number of imide groups is 1. The first-order chi connectivity index (χ1) is 14.4. The highest BCUT2D eigenvalue weighted by atomic mass is 16.6. The van der Waals surface area contributed by atoms with Gasteiger partial charge in [0.15, 0.2) is 6.61 Å². The standard InChI is InChI=1S/C23H28N2O5/c1-4-17(3)24-22(28)25-20(26)16-29-21(27)23(30-5-2,18-12-8-6-9-13-18)19-14-10-7-11-15-19/h6-15,17H,4-5,16H2,1-3H3,(H2,24,25,26,28)/t17-/m1/s1. The first-order valence-corrected chi connectivity index (χ1v) is 9.96. The Morgan fingerprint density at radius 3 is 1.93 bits per heavy atom. The number of amides is 3. The van der Waals surface area contributed by atoms with Gasteiger partial charge in [-0.25, -0.2) is 9.59 Å². The lowest BCUT2D eigenvalue weighted by atomic mass is 9.86. The number of carbonyl (C=O) groups is 3. The lowest BCUT2D eigenvalue weighted by Gasteiger charge is -2.32. The van der Waals surface area contributed by atoms with Gasteiger partial charge in [0.25, 0.3) is 5.91 Å². The fourth-order valence-corrected chi connectivity index (χ4v) is 2.95. The van der Waals surface area contributed by atoms with Crippen LogP contribution in [-0.2, 0) is 24.7 Å². The van der Waals surface area contributed by atoms with Crippen molar-refractivity contribution in [3.05, 3.63) is 71.8 Å². The normalized spacial score (nSPS) is 12.0. The van der Waals surface area contributed by atoms with Gasteiger partial charge in [-0.2, -0.15) is 0 Å². The zero-order chi connectivity index (χ0) is 22.0. The lowest BCUT2D eigenvalue weighted by Crippen LogP contribution is -2.46. The summed E-state index contributed by atoms with van der Waals surface area (Å²) in [6, 6.07) is 17.2. The summed E-state index contributed by atoms with van der Waals surface area (Å²) >= 11 is 0. The Kier molecular flexibility index (Phi) is 8.55. The van der Waals surface area contributed by atoms with Crippen LogP contribution >= 0.6 is 0 Å². The molecule has 0 fully saturated rings. The molecule has 0 radical (unpaired) electrons. The number of benzene rings is 2. The van der Waals surface area contributed by atoms with Gasteiger partial charge in [-0.3, -0.25) is 10.1 Å². The molecule has 3 amide bonds. The van der Waals surface area contributed by atoms with E-state index in [1.54, 1.807) is 55.5 Å². The molecule has 2 rings (SSSR count). The number of carbonyl (C=O) groups excluding carboxylic acids is 3. The van der Waals surface area contributed by atoms with E-state index < -0.39 is 30.1 Å². The van der Waals surface area contributed by atoms with E-state index in [0.717, 1.165) is 6.42 Å². The largest absolute Gasteiger partial charge is 0.453 e. The van der Waals surface area contributed by atoms with E-state index in [0.29, 0.717) is 11.1 Å². The first-order valence-electron chi connectivity index (χ1n) is 9.96. The second kappa shape index (κ2) is 11.1. The number of ether oxygens (including phenoxy) is 2. The molecule has 0 unspecified atom stereocenters. The van der Waals surface area contributed by atoms with Crippen LogP contribution in [-0.4, -0.2) is 37.2 Å². The van der Waals surface area contributed by atoms with Crippen molar-refractivity contribution < 1.29 is 23.9 Å². The summed E-state index contributed by atoms with van der Waals surface area (Å²) in [5.74, 6) is -1.46. The van der Waals surface area contributed by atoms with Gasteiger partial charge in [0.05, 0.1) is 0 Å². The summed E-state index contributed by atoms with van der Waals surface area (Å²) in [7, 11) is 0. The van der Waals surface area contributed by atoms with Crippen molar-refractivity contribution >= 4 is 17.9 Å². The van der Waals surface area contributed by atoms with Gasteiger partial charge >= 0.3 is 12.0 Å². The van der Waals surface area contributed by atoms with Gasteiger partial charge in [-0.1, -0.05) is 67.6 Å². The van der Waals surface area contributed by atoms with Gasteiger partial charge in [-0.05, 0) is 31.4 Å². The minimum atomic E-state index is -1.53. The summed E-state index contributed by atoms with van der Waals surface area (Å²) < 4.78 is 11.3. The van der Waals surface area contributed by atoms with E-state index in [-0.39, 0.29) is 12.6 Å². The van der Waals surface area contributed by atoms with Crippen LogP contribution in [0.25, 0.3) is 0 Å². The highest BCUT2D eigenvalue weighted by Crippen LogP contribution is 2.35. The van der Waals surface area contributed by atoms with Gasteiger partial charge in [0.2, 0.25) is 5.60 Å². The minimum absolute atomic E-state index is 0.0814. The molecule has 0 aliphatic heterocycles. The fraction of sp³-hybridized carbons (Fsp3) is 0.348. The van der Waals surface area contributed by atoms with Gasteiger partial charge in [-0.15, -0.1) is 0 Å². The second-order valence-corrected chi connectivity index (χ2v) is 6.75. The van der Waals surface area contributed by atoms with Crippen molar-refractivity contribution in [3.8, 4) is 0 Å². The van der Waals surface area contributed by atoms with Crippen LogP contribution in [0.1, 0.15) is 38.3 Å². The highest BCUT2D eigenvalue weighted by Gasteiger charge is 2.45. The van der Waals surface area contributed by atoms with E-state index in [1.165, 1.54) is 0 Å². The molecule has 0 bridgehead atoms. The lowest BCUT2D eigenvalue weighted by molar-refractivity contribution is -0.170. The molecule has 0 heterocycles. The van der Waals surface area contributed by atoms with E-state index >= 15 is 0 Å². The van der Waals surface area contributed by atoms with Crippen molar-refractivity contribution in [2.75, 3.05) is 13.2 Å². The smallest absolute Gasteiger partial charge is 0.348 e. The Hall–Kier alpha value is -3.19. The number of hydrogen-bond acceptors (Lipinski definition) is 5. The molecule has 0 saturated heterocycles. The van der Waals surface area contributed by atoms with Crippen LogP contribution in [0.2, 0.25) is 0 Å². The molecule has 7 nitrogen and oxygen atoms in total. The molecular formula is C23H28N2O5. The van der Waals surface area contributed by atoms with Crippen LogP contribution < -0.4 is 10.6 Å². The van der Waals surface area contributed by atoms with Gasteiger partial charge < -0.3 is 14.8 Å². The van der Waals surface area contributed by atoms with Gasteiger partial charge in [0, 0.05) is 12.6 Å². The van der Waals surface area contributed by atoms with Crippen LogP contribution in [0.15, 0.2) is 60.7 Å². The van der Waals surface area contributed by atoms with Crippen molar-refractivity contribution in [2.45, 2.75) is 38.8 Å². The zero-order valence-corrected chi connectivity index (χ0v) is 17.5. The summed E-state index contributed by atoms with van der Waals surface area (Å²) in [5.41, 5.74) is -0.368. The minimum Gasteiger partial charge on any atom is -0.453 e. The maximum absolute atomic E-state index is 13.2. The monoisotopic (exact) mass is 412 g/mol. The maximum Gasteiger partial charge on any atom is 0.348 e. The van der Waals surface area contributed by atoms with Crippen molar-refractivity contribution in [1.82, 2.24) is 10.6 Å². The number of hydrogen-bond donors (Lipinski definition) is 2. The molecule has 2 N–H and O–H groups in total.